The molecule has 5 nitrogen and oxygen atoms in total. The Morgan fingerprint density at radius 3 is 2.29 bits per heavy atom. The van der Waals surface area contributed by atoms with Gasteiger partial charge in [0.1, 0.15) is 10.7 Å². The van der Waals surface area contributed by atoms with Gasteiger partial charge < -0.3 is 5.32 Å². The van der Waals surface area contributed by atoms with E-state index in [2.05, 4.69) is 31.0 Å². The largest absolute Gasteiger partial charge is 0.373 e. The van der Waals surface area contributed by atoms with Gasteiger partial charge in [0.25, 0.3) is 10.0 Å². The number of aromatic nitrogens is 1. The lowest BCUT2D eigenvalue weighted by molar-refractivity contribution is 0.601. The quantitative estimate of drug-likeness (QED) is 0.799. The van der Waals surface area contributed by atoms with Crippen molar-refractivity contribution >= 4 is 60.7 Å². The number of hydrogen-bond acceptors (Lipinski definition) is 4. The van der Waals surface area contributed by atoms with Crippen LogP contribution in [0.3, 0.4) is 0 Å². The Labute approximate surface area is 140 Å². The average molecular weight is 411 g/mol. The second-order valence-corrected chi connectivity index (χ2v) is 7.39. The van der Waals surface area contributed by atoms with Gasteiger partial charge in [0, 0.05) is 17.7 Å². The van der Waals surface area contributed by atoms with Gasteiger partial charge in [0.05, 0.1) is 15.7 Å². The highest BCUT2D eigenvalue weighted by molar-refractivity contribution is 9.10. The first-order valence-electron chi connectivity index (χ1n) is 5.64. The molecule has 21 heavy (non-hydrogen) atoms. The van der Waals surface area contributed by atoms with Gasteiger partial charge in [-0.05, 0) is 24.3 Å². The first kappa shape index (κ1) is 16.4. The van der Waals surface area contributed by atoms with E-state index in [4.69, 9.17) is 23.2 Å². The second-order valence-electron chi connectivity index (χ2n) is 3.98. The van der Waals surface area contributed by atoms with Crippen LogP contribution < -0.4 is 10.0 Å². The lowest BCUT2D eigenvalue weighted by Crippen LogP contribution is -2.14. The van der Waals surface area contributed by atoms with Crippen LogP contribution in [0.1, 0.15) is 0 Å². The molecule has 0 aliphatic carbocycles. The number of halogens is 3. The normalized spacial score (nSPS) is 11.2. The molecule has 1 heterocycles. The molecule has 2 aromatic rings. The van der Waals surface area contributed by atoms with E-state index in [-0.39, 0.29) is 20.6 Å². The summed E-state index contributed by atoms with van der Waals surface area (Å²) in [4.78, 5) is 3.97. The Hall–Kier alpha value is -1.02. The summed E-state index contributed by atoms with van der Waals surface area (Å²) in [6.45, 7) is 0. The van der Waals surface area contributed by atoms with Gasteiger partial charge >= 0.3 is 0 Å². The Kier molecular flexibility index (Phi) is 4.98. The monoisotopic (exact) mass is 409 g/mol. The molecule has 0 bridgehead atoms. The molecule has 0 aliphatic rings. The van der Waals surface area contributed by atoms with Crippen LogP contribution in [0.5, 0.6) is 0 Å². The van der Waals surface area contributed by atoms with Crippen molar-refractivity contribution in [3.8, 4) is 0 Å². The van der Waals surface area contributed by atoms with Gasteiger partial charge in [-0.3, -0.25) is 4.72 Å². The van der Waals surface area contributed by atoms with Gasteiger partial charge in [0.15, 0.2) is 0 Å². The zero-order chi connectivity index (χ0) is 15.6. The number of hydrogen-bond donors (Lipinski definition) is 2. The fourth-order valence-corrected chi connectivity index (χ4v) is 3.98. The van der Waals surface area contributed by atoms with Crippen molar-refractivity contribution in [3.63, 3.8) is 0 Å². The van der Waals surface area contributed by atoms with Gasteiger partial charge in [-0.1, -0.05) is 39.1 Å². The minimum atomic E-state index is -3.82. The van der Waals surface area contributed by atoms with E-state index in [9.17, 15) is 8.42 Å². The van der Waals surface area contributed by atoms with Gasteiger partial charge in [0.2, 0.25) is 0 Å². The maximum absolute atomic E-state index is 12.3. The molecule has 0 saturated carbocycles. The zero-order valence-corrected chi connectivity index (χ0v) is 14.6. The molecule has 0 amide bonds. The number of nitrogens with one attached hydrogen (secondary N) is 2. The third kappa shape index (κ3) is 3.79. The highest BCUT2D eigenvalue weighted by Crippen LogP contribution is 2.35. The lowest BCUT2D eigenvalue weighted by Gasteiger charge is -2.12. The second kappa shape index (κ2) is 6.39. The van der Waals surface area contributed by atoms with Gasteiger partial charge in [-0.15, -0.1) is 0 Å². The molecular formula is C12H10BrCl2N3O2S. The van der Waals surface area contributed by atoms with Crippen LogP contribution in [-0.4, -0.2) is 20.4 Å². The number of nitrogens with zero attached hydrogens (tertiary/aromatic N) is 1. The molecule has 1 aromatic carbocycles. The summed E-state index contributed by atoms with van der Waals surface area (Å²) in [5.74, 6) is 0.564. The third-order valence-electron chi connectivity index (χ3n) is 2.55. The highest BCUT2D eigenvalue weighted by Gasteiger charge is 2.18. The minimum Gasteiger partial charge on any atom is -0.373 e. The molecular weight excluding hydrogens is 401 g/mol. The molecule has 0 unspecified atom stereocenters. The van der Waals surface area contributed by atoms with E-state index in [1.807, 2.05) is 0 Å². The standard InChI is InChI=1S/C12H10BrCl2N3O2S/c1-16-11-3-2-8(6-17-11)21(19,20)18-12-9(14)4-7(13)5-10(12)15/h2-6,18H,1H3,(H,16,17). The Morgan fingerprint density at radius 2 is 1.81 bits per heavy atom. The smallest absolute Gasteiger partial charge is 0.263 e. The van der Waals surface area contributed by atoms with Crippen molar-refractivity contribution < 1.29 is 8.42 Å². The topological polar surface area (TPSA) is 71.1 Å². The molecule has 0 radical (unpaired) electrons. The number of rotatable bonds is 4. The summed E-state index contributed by atoms with van der Waals surface area (Å²) in [6, 6.07) is 6.09. The summed E-state index contributed by atoms with van der Waals surface area (Å²) in [7, 11) is -2.13. The average Bonchev–Trinajstić information content (AvgIpc) is 2.43. The molecule has 2 rings (SSSR count). The predicted octanol–water partition coefficient (Wildman–Crippen LogP) is 3.99. The maximum Gasteiger partial charge on any atom is 0.263 e. The van der Waals surface area contributed by atoms with Crippen molar-refractivity contribution in [1.29, 1.82) is 0 Å². The fourth-order valence-electron chi connectivity index (χ4n) is 1.52. The van der Waals surface area contributed by atoms with Crippen LogP contribution in [-0.2, 0) is 10.0 Å². The van der Waals surface area contributed by atoms with Crippen LogP contribution >= 0.6 is 39.1 Å². The van der Waals surface area contributed by atoms with Crippen LogP contribution in [0.2, 0.25) is 10.0 Å². The van der Waals surface area contributed by atoms with E-state index in [1.165, 1.54) is 12.3 Å². The lowest BCUT2D eigenvalue weighted by atomic mass is 10.3. The van der Waals surface area contributed by atoms with Crippen molar-refractivity contribution in [2.75, 3.05) is 17.1 Å². The first-order chi connectivity index (χ1) is 9.83. The molecule has 0 saturated heterocycles. The van der Waals surface area contributed by atoms with Crippen LogP contribution in [0.25, 0.3) is 0 Å². The third-order valence-corrected chi connectivity index (χ3v) is 4.94. The number of benzene rings is 1. The SMILES string of the molecule is CNc1ccc(S(=O)(=O)Nc2c(Cl)cc(Br)cc2Cl)cn1. The van der Waals surface area contributed by atoms with E-state index < -0.39 is 10.0 Å². The van der Waals surface area contributed by atoms with E-state index in [0.29, 0.717) is 10.3 Å². The first-order valence-corrected chi connectivity index (χ1v) is 8.68. The molecule has 0 spiro atoms. The molecule has 0 fully saturated rings. The van der Waals surface area contributed by atoms with E-state index in [0.717, 1.165) is 0 Å². The van der Waals surface area contributed by atoms with Crippen molar-refractivity contribution in [1.82, 2.24) is 4.98 Å². The number of pyridine rings is 1. The minimum absolute atomic E-state index is 0.0107. The van der Waals surface area contributed by atoms with Gasteiger partial charge in [-0.25, -0.2) is 13.4 Å². The molecule has 9 heteroatoms. The predicted molar refractivity (Wildman–Crippen MR) is 88.8 cm³/mol. The maximum atomic E-state index is 12.3. The van der Waals surface area contributed by atoms with Crippen LogP contribution in [0, 0.1) is 0 Å². The molecule has 2 N–H and O–H groups in total. The van der Waals surface area contributed by atoms with Crippen molar-refractivity contribution in [3.05, 3.63) is 45.0 Å². The molecule has 1 aromatic heterocycles. The summed E-state index contributed by atoms with van der Waals surface area (Å²) in [5, 5.41) is 3.19. The van der Waals surface area contributed by atoms with Gasteiger partial charge in [-0.2, -0.15) is 0 Å². The Bertz CT molecular complexity index is 744. The fraction of sp³-hybridized carbons (Fsp3) is 0.0833. The summed E-state index contributed by atoms with van der Waals surface area (Å²) >= 11 is 15.2. The summed E-state index contributed by atoms with van der Waals surface area (Å²) in [5.41, 5.74) is 0.124. The summed E-state index contributed by atoms with van der Waals surface area (Å²) in [6.07, 6.45) is 1.24. The highest BCUT2D eigenvalue weighted by atomic mass is 79.9. The van der Waals surface area contributed by atoms with E-state index in [1.54, 1.807) is 25.2 Å². The number of sulfonamides is 1. The Balaban J connectivity index is 2.37. The Morgan fingerprint density at radius 1 is 1.19 bits per heavy atom. The van der Waals surface area contributed by atoms with E-state index >= 15 is 0 Å². The summed E-state index contributed by atoms with van der Waals surface area (Å²) < 4.78 is 27.6. The molecule has 0 atom stereocenters. The van der Waals surface area contributed by atoms with Crippen LogP contribution in [0.15, 0.2) is 39.8 Å². The molecule has 112 valence electrons. The van der Waals surface area contributed by atoms with Crippen molar-refractivity contribution in [2.45, 2.75) is 4.90 Å². The van der Waals surface area contributed by atoms with Crippen molar-refractivity contribution in [2.24, 2.45) is 0 Å². The molecule has 0 aliphatic heterocycles. The zero-order valence-electron chi connectivity index (χ0n) is 10.7. The number of anilines is 2. The van der Waals surface area contributed by atoms with Crippen LogP contribution in [0.4, 0.5) is 11.5 Å².